The minimum atomic E-state index is -4.97. The monoisotopic (exact) mass is 1540 g/mol. The molecule has 624 valence electrons. The summed E-state index contributed by atoms with van der Waals surface area (Å²) >= 11 is 0. The number of aliphatic hydroxyl groups excluding tert-OH is 1. The van der Waals surface area contributed by atoms with Gasteiger partial charge < -0.3 is 33.8 Å². The molecule has 0 saturated heterocycles. The van der Waals surface area contributed by atoms with Crippen molar-refractivity contribution in [2.24, 2.45) is 5.92 Å². The van der Waals surface area contributed by atoms with Gasteiger partial charge >= 0.3 is 39.5 Å². The third-order valence-corrected chi connectivity index (χ3v) is 22.2. The Morgan fingerprint density at radius 1 is 0.257 bits per heavy atom. The normalized spacial score (nSPS) is 13.8. The number of ether oxygens (including phenoxy) is 4. The van der Waals surface area contributed by atoms with Gasteiger partial charge in [0.2, 0.25) is 0 Å². The first-order chi connectivity index (χ1) is 51.0. The number of aliphatic hydroxyl groups is 1. The zero-order valence-electron chi connectivity index (χ0n) is 68.9. The molecule has 0 aliphatic carbocycles. The van der Waals surface area contributed by atoms with Gasteiger partial charge in [0, 0.05) is 25.7 Å². The van der Waals surface area contributed by atoms with E-state index in [0.717, 1.165) is 95.8 Å². The lowest BCUT2D eigenvalue weighted by Gasteiger charge is -2.21. The second-order valence-electron chi connectivity index (χ2n) is 31.4. The number of esters is 4. The fourth-order valence-corrected chi connectivity index (χ4v) is 15.1. The number of unbranched alkanes of at least 4 members (excludes halogenated alkanes) is 58. The molecule has 3 N–H and O–H groups in total. The van der Waals surface area contributed by atoms with Gasteiger partial charge in [-0.1, -0.05) is 413 Å². The lowest BCUT2D eigenvalue weighted by Crippen LogP contribution is -2.30. The fraction of sp³-hybridized carbons (Fsp3) is 0.953. The summed E-state index contributed by atoms with van der Waals surface area (Å²) in [6.45, 7) is 7.33. The Morgan fingerprint density at radius 3 is 0.648 bits per heavy atom. The predicted molar refractivity (Wildman–Crippen MR) is 432 cm³/mol. The Labute approximate surface area is 645 Å². The van der Waals surface area contributed by atoms with Crippen molar-refractivity contribution in [3.63, 3.8) is 0 Å². The highest BCUT2D eigenvalue weighted by Crippen LogP contribution is 2.45. The average molecular weight is 1540 g/mol. The third-order valence-electron chi connectivity index (χ3n) is 20.3. The largest absolute Gasteiger partial charge is 0.472 e. The molecular weight excluding hydrogens is 1370 g/mol. The van der Waals surface area contributed by atoms with E-state index in [1.807, 2.05) is 0 Å². The molecule has 5 atom stereocenters. The lowest BCUT2D eigenvalue weighted by molar-refractivity contribution is -0.161. The first-order valence-corrected chi connectivity index (χ1v) is 47.6. The van der Waals surface area contributed by atoms with Gasteiger partial charge in [-0.2, -0.15) is 0 Å². The van der Waals surface area contributed by atoms with Crippen LogP contribution >= 0.6 is 15.6 Å². The minimum Gasteiger partial charge on any atom is -0.462 e. The molecule has 19 heteroatoms. The van der Waals surface area contributed by atoms with Crippen molar-refractivity contribution in [3.8, 4) is 0 Å². The van der Waals surface area contributed by atoms with Crippen LogP contribution in [0.2, 0.25) is 0 Å². The number of hydrogen-bond acceptors (Lipinski definition) is 15. The molecule has 0 aromatic heterocycles. The smallest absolute Gasteiger partial charge is 0.462 e. The van der Waals surface area contributed by atoms with Crippen LogP contribution in [-0.4, -0.2) is 96.7 Å². The molecule has 0 radical (unpaired) electrons. The summed E-state index contributed by atoms with van der Waals surface area (Å²) in [6, 6.07) is 0. The van der Waals surface area contributed by atoms with Crippen LogP contribution in [0.4, 0.5) is 0 Å². The van der Waals surface area contributed by atoms with Crippen molar-refractivity contribution in [2.45, 2.75) is 483 Å². The quantitative estimate of drug-likeness (QED) is 0.0222. The second-order valence-corrected chi connectivity index (χ2v) is 34.3. The zero-order chi connectivity index (χ0) is 76.9. The molecule has 0 aliphatic heterocycles. The summed E-state index contributed by atoms with van der Waals surface area (Å²) in [5.74, 6) is -1.37. The van der Waals surface area contributed by atoms with Crippen LogP contribution in [0.5, 0.6) is 0 Å². The molecule has 0 fully saturated rings. The van der Waals surface area contributed by atoms with Crippen molar-refractivity contribution < 1.29 is 80.2 Å². The Bertz CT molecular complexity index is 2000. The van der Waals surface area contributed by atoms with Crippen LogP contribution in [0.3, 0.4) is 0 Å². The molecule has 17 nitrogen and oxygen atoms in total. The molecule has 0 aliphatic rings. The van der Waals surface area contributed by atoms with Crippen LogP contribution in [-0.2, 0) is 65.4 Å². The molecule has 0 spiro atoms. The molecule has 0 aromatic carbocycles. The van der Waals surface area contributed by atoms with E-state index in [1.54, 1.807) is 0 Å². The van der Waals surface area contributed by atoms with Crippen molar-refractivity contribution >= 4 is 39.5 Å². The van der Waals surface area contributed by atoms with E-state index in [-0.39, 0.29) is 25.7 Å². The maximum atomic E-state index is 13.1. The van der Waals surface area contributed by atoms with Crippen molar-refractivity contribution in [1.82, 2.24) is 0 Å². The third kappa shape index (κ3) is 79.9. The number of phosphoric ester groups is 2. The highest BCUT2D eigenvalue weighted by Gasteiger charge is 2.30. The van der Waals surface area contributed by atoms with Crippen LogP contribution in [0.15, 0.2) is 0 Å². The number of phosphoric acid groups is 2. The number of hydrogen-bond donors (Lipinski definition) is 3. The van der Waals surface area contributed by atoms with Crippen LogP contribution in [0, 0.1) is 5.92 Å². The SMILES string of the molecule is CCCCCCCCCCCCCCCCCCCCCCC(=O)O[C@H](COC(=O)CCCCCCCCCCCCCCCCCCCCC)COP(=O)(O)OC[C@@H](O)COP(=O)(O)OC[C@@H](COC(=O)CCCCCCCCCCC(C)C)OC(=O)CCCCCCCCCCCCCCCCC. The van der Waals surface area contributed by atoms with Gasteiger partial charge in [-0.05, 0) is 31.6 Å². The molecule has 0 amide bonds. The average Bonchev–Trinajstić information content (AvgIpc) is 0.988. The van der Waals surface area contributed by atoms with Crippen molar-refractivity contribution in [1.29, 1.82) is 0 Å². The standard InChI is InChI=1S/C86H168O17P2/c1-6-9-12-15-18-21-24-27-30-32-34-36-38-41-44-47-50-57-62-67-72-85(90)102-81(75-96-83(88)69-64-59-54-48-45-42-40-37-35-33-31-28-25-22-19-16-13-10-7-2)77-100-104(92,93)98-73-80(87)74-99-105(94,95)101-78-82(76-97-84(89)70-65-60-55-52-51-53-58-63-68-79(4)5)103-86(91)71-66-61-56-49-46-43-39-29-26-23-20-17-14-11-8-3/h79-82,87H,6-78H2,1-5H3,(H,92,93)(H,94,95)/t80-,81-,82-/m1/s1. The van der Waals surface area contributed by atoms with Crippen molar-refractivity contribution in [3.05, 3.63) is 0 Å². The number of carbonyl (C=O) groups is 4. The van der Waals surface area contributed by atoms with E-state index in [9.17, 15) is 43.2 Å². The van der Waals surface area contributed by atoms with E-state index in [0.29, 0.717) is 25.7 Å². The van der Waals surface area contributed by atoms with E-state index < -0.39 is 97.5 Å². The molecule has 105 heavy (non-hydrogen) atoms. The highest BCUT2D eigenvalue weighted by atomic mass is 31.2. The van der Waals surface area contributed by atoms with Gasteiger partial charge in [-0.3, -0.25) is 37.3 Å². The summed E-state index contributed by atoms with van der Waals surface area (Å²) in [5, 5.41) is 10.7. The summed E-state index contributed by atoms with van der Waals surface area (Å²) in [7, 11) is -9.93. The Morgan fingerprint density at radius 2 is 0.438 bits per heavy atom. The molecule has 0 heterocycles. The minimum absolute atomic E-state index is 0.108. The molecular formula is C86H168O17P2. The van der Waals surface area contributed by atoms with E-state index in [1.165, 1.54) is 289 Å². The molecule has 0 rings (SSSR count). The summed E-state index contributed by atoms with van der Waals surface area (Å²) < 4.78 is 68.9. The van der Waals surface area contributed by atoms with Gasteiger partial charge in [0.25, 0.3) is 0 Å². The van der Waals surface area contributed by atoms with Crippen LogP contribution in [0.1, 0.15) is 465 Å². The maximum Gasteiger partial charge on any atom is 0.472 e. The Kier molecular flexibility index (Phi) is 77.3. The predicted octanol–water partition coefficient (Wildman–Crippen LogP) is 26.4. The van der Waals surface area contributed by atoms with E-state index in [2.05, 4.69) is 34.6 Å². The number of rotatable bonds is 86. The topological polar surface area (TPSA) is 237 Å². The molecule has 0 aromatic rings. The van der Waals surface area contributed by atoms with Gasteiger partial charge in [0.05, 0.1) is 26.4 Å². The van der Waals surface area contributed by atoms with E-state index in [4.69, 9.17) is 37.0 Å². The zero-order valence-corrected chi connectivity index (χ0v) is 70.7. The molecule has 0 bridgehead atoms. The van der Waals surface area contributed by atoms with Gasteiger partial charge in [-0.15, -0.1) is 0 Å². The lowest BCUT2D eigenvalue weighted by atomic mass is 10.0. The fourth-order valence-electron chi connectivity index (χ4n) is 13.5. The van der Waals surface area contributed by atoms with Crippen LogP contribution in [0.25, 0.3) is 0 Å². The van der Waals surface area contributed by atoms with Gasteiger partial charge in [0.1, 0.15) is 19.3 Å². The van der Waals surface area contributed by atoms with Crippen LogP contribution < -0.4 is 0 Å². The summed E-state index contributed by atoms with van der Waals surface area (Å²) in [5.41, 5.74) is 0. The Balaban J connectivity index is 5.24. The molecule has 0 saturated carbocycles. The van der Waals surface area contributed by atoms with Gasteiger partial charge in [-0.25, -0.2) is 9.13 Å². The number of carbonyl (C=O) groups excluding carboxylic acids is 4. The maximum absolute atomic E-state index is 13.1. The van der Waals surface area contributed by atoms with Gasteiger partial charge in [0.15, 0.2) is 12.2 Å². The second kappa shape index (κ2) is 78.7. The first-order valence-electron chi connectivity index (χ1n) is 44.6. The van der Waals surface area contributed by atoms with E-state index >= 15 is 0 Å². The first kappa shape index (κ1) is 103. The highest BCUT2D eigenvalue weighted by molar-refractivity contribution is 7.47. The van der Waals surface area contributed by atoms with Crippen molar-refractivity contribution in [2.75, 3.05) is 39.6 Å². The molecule has 2 unspecified atom stereocenters. The Hall–Kier alpha value is -1.94. The summed E-state index contributed by atoms with van der Waals surface area (Å²) in [4.78, 5) is 73.2. The summed E-state index contributed by atoms with van der Waals surface area (Å²) in [6.07, 6.45) is 72.3.